The molecule has 0 rings (SSSR count). The molecule has 0 amide bonds. The third-order valence-electron chi connectivity index (χ3n) is 1.80. The molecule has 0 aliphatic rings. The molecule has 2 nitrogen and oxygen atoms in total. The summed E-state index contributed by atoms with van der Waals surface area (Å²) in [6, 6.07) is 0. The summed E-state index contributed by atoms with van der Waals surface area (Å²) in [7, 11) is 0. The van der Waals surface area contributed by atoms with Crippen molar-refractivity contribution < 1.29 is 61.3 Å². The maximum atomic E-state index is 10.1. The topological polar surface area (TPSA) is 37.3 Å². The van der Waals surface area contributed by atoms with Crippen molar-refractivity contribution in [3.63, 3.8) is 0 Å². The van der Waals surface area contributed by atoms with Gasteiger partial charge in [-0.25, -0.2) is 0 Å². The van der Waals surface area contributed by atoms with Gasteiger partial charge in [0.1, 0.15) is 0 Å². The number of hydrogen-bond acceptors (Lipinski definition) is 1. The molecule has 0 aromatic heterocycles. The van der Waals surface area contributed by atoms with E-state index in [1.807, 2.05) is 0 Å². The summed E-state index contributed by atoms with van der Waals surface area (Å²) in [4.78, 5) is 10.1. The Morgan fingerprint density at radius 3 is 2.25 bits per heavy atom. The minimum atomic E-state index is -0.858. The predicted molar refractivity (Wildman–Crippen MR) is 44.9 cm³/mol. The Hall–Kier alpha value is 0.976. The summed E-state index contributed by atoms with van der Waals surface area (Å²) in [6.45, 7) is 10.1. The average molecular weight is 195 g/mol. The second-order valence-electron chi connectivity index (χ2n) is 3.84. The summed E-state index contributed by atoms with van der Waals surface area (Å²) in [5.74, 6) is -0.693. The van der Waals surface area contributed by atoms with Gasteiger partial charge in [0.15, 0.2) is 5.97 Å². The van der Waals surface area contributed by atoms with Crippen LogP contribution in [-0.4, -0.2) is 11.1 Å². The summed E-state index contributed by atoms with van der Waals surface area (Å²) >= 11 is 0. The van der Waals surface area contributed by atoms with E-state index in [2.05, 4.69) is 27.7 Å². The number of aliphatic carboxylic acids is 1. The fourth-order valence-corrected chi connectivity index (χ4v) is 0.597. The molecule has 1 N–H and O–H groups in total. The number of rotatable bonds is 3. The van der Waals surface area contributed by atoms with E-state index < -0.39 is 5.97 Å². The van der Waals surface area contributed by atoms with E-state index in [1.165, 1.54) is 6.42 Å². The van der Waals surface area contributed by atoms with Crippen LogP contribution < -0.4 is 51.4 Å². The molecule has 0 radical (unpaired) electrons. The first-order valence-electron chi connectivity index (χ1n) is 3.73. The molecule has 1 atom stereocenters. The fourth-order valence-electron chi connectivity index (χ4n) is 0.597. The van der Waals surface area contributed by atoms with Gasteiger partial charge in [-0.15, -0.1) is 0 Å². The molecular formula is C9H16KO2-. The van der Waals surface area contributed by atoms with Gasteiger partial charge in [-0.3, -0.25) is 11.2 Å². The first-order valence-corrected chi connectivity index (χ1v) is 3.73. The van der Waals surface area contributed by atoms with E-state index in [1.54, 1.807) is 0 Å². The zero-order valence-corrected chi connectivity index (χ0v) is 11.5. The Kier molecular flexibility index (Phi) is 8.28. The molecular weight excluding hydrogens is 179 g/mol. The molecule has 0 saturated carbocycles. The smallest absolute Gasteiger partial charge is 0.503 e. The molecule has 0 spiro atoms. The molecule has 0 aromatic carbocycles. The van der Waals surface area contributed by atoms with E-state index >= 15 is 0 Å². The van der Waals surface area contributed by atoms with Gasteiger partial charge >= 0.3 is 51.4 Å². The van der Waals surface area contributed by atoms with Gasteiger partial charge in [-0.1, -0.05) is 26.2 Å². The minimum Gasteiger partial charge on any atom is -0.503 e. The van der Waals surface area contributed by atoms with Crippen molar-refractivity contribution in [2.45, 2.75) is 27.2 Å². The first-order chi connectivity index (χ1) is 4.84. The van der Waals surface area contributed by atoms with Crippen LogP contribution in [0.4, 0.5) is 0 Å². The second-order valence-corrected chi connectivity index (χ2v) is 3.84. The predicted octanol–water partition coefficient (Wildman–Crippen LogP) is -0.834. The standard InChI is InChI=1S/C9H16O2.K/c1-7(9(2,3)4)5-6-8(10)11;/h6-7H,1,5H2,2-4H3,(H,10,11);/q-2;+1. The van der Waals surface area contributed by atoms with Crippen LogP contribution in [0.2, 0.25) is 0 Å². The third kappa shape index (κ3) is 7.62. The number of carbonyl (C=O) groups is 1. The van der Waals surface area contributed by atoms with Crippen molar-refractivity contribution in [1.29, 1.82) is 0 Å². The maximum absolute atomic E-state index is 10.1. The van der Waals surface area contributed by atoms with Crippen LogP contribution in [0, 0.1) is 24.7 Å². The molecule has 12 heavy (non-hydrogen) atoms. The number of carboxylic acid groups (broad SMARTS) is 1. The van der Waals surface area contributed by atoms with Crippen molar-refractivity contribution >= 4 is 5.97 Å². The van der Waals surface area contributed by atoms with Gasteiger partial charge in [0.2, 0.25) is 0 Å². The van der Waals surface area contributed by atoms with Gasteiger partial charge < -0.3 is 12.0 Å². The number of hydrogen-bond donors (Lipinski definition) is 1. The third-order valence-corrected chi connectivity index (χ3v) is 1.80. The Balaban J connectivity index is 0. The SMILES string of the molecule is [CH2-]C(C[CH-]C(=O)O)C(C)(C)C.[K+]. The summed E-state index contributed by atoms with van der Waals surface area (Å²) in [5, 5.41) is 8.34. The van der Waals surface area contributed by atoms with Crippen LogP contribution in [0.15, 0.2) is 0 Å². The summed E-state index contributed by atoms with van der Waals surface area (Å²) < 4.78 is 0. The molecule has 3 heteroatoms. The van der Waals surface area contributed by atoms with E-state index in [0.717, 1.165) is 0 Å². The molecule has 0 aliphatic carbocycles. The van der Waals surface area contributed by atoms with Gasteiger partial charge in [-0.2, -0.15) is 12.3 Å². The maximum Gasteiger partial charge on any atom is 1.00 e. The Morgan fingerprint density at radius 1 is 1.58 bits per heavy atom. The van der Waals surface area contributed by atoms with Crippen molar-refractivity contribution in [2.24, 2.45) is 11.3 Å². The zero-order chi connectivity index (χ0) is 9.07. The molecule has 0 bridgehead atoms. The van der Waals surface area contributed by atoms with E-state index in [9.17, 15) is 4.79 Å². The molecule has 1 unspecified atom stereocenters. The van der Waals surface area contributed by atoms with Crippen LogP contribution in [0.1, 0.15) is 27.2 Å². The first kappa shape index (κ1) is 15.4. The van der Waals surface area contributed by atoms with Crippen LogP contribution in [0.25, 0.3) is 0 Å². The summed E-state index contributed by atoms with van der Waals surface area (Å²) in [6.07, 6.45) is 1.81. The molecule has 0 fully saturated rings. The Bertz CT molecular complexity index is 138. The van der Waals surface area contributed by atoms with Gasteiger partial charge in [0.05, 0.1) is 0 Å². The monoisotopic (exact) mass is 195 g/mol. The summed E-state index contributed by atoms with van der Waals surface area (Å²) in [5.41, 5.74) is 0.0892. The fraction of sp³-hybridized carbons (Fsp3) is 0.667. The molecule has 66 valence electrons. The van der Waals surface area contributed by atoms with Crippen LogP contribution in [0.5, 0.6) is 0 Å². The zero-order valence-electron chi connectivity index (χ0n) is 8.42. The second kappa shape index (κ2) is 6.43. The molecule has 0 aromatic rings. The van der Waals surface area contributed by atoms with Crippen molar-refractivity contribution in [3.05, 3.63) is 13.3 Å². The van der Waals surface area contributed by atoms with E-state index in [4.69, 9.17) is 5.11 Å². The molecule has 0 saturated heterocycles. The van der Waals surface area contributed by atoms with Crippen LogP contribution >= 0.6 is 0 Å². The van der Waals surface area contributed by atoms with Gasteiger partial charge in [0.25, 0.3) is 0 Å². The van der Waals surface area contributed by atoms with Crippen molar-refractivity contribution in [3.8, 4) is 0 Å². The largest absolute Gasteiger partial charge is 1.00 e. The van der Waals surface area contributed by atoms with Crippen LogP contribution in [0.3, 0.4) is 0 Å². The average Bonchev–Trinajstić information content (AvgIpc) is 1.80. The van der Waals surface area contributed by atoms with E-state index in [0.29, 0.717) is 6.42 Å². The van der Waals surface area contributed by atoms with Crippen molar-refractivity contribution in [2.75, 3.05) is 0 Å². The Morgan fingerprint density at radius 2 is 2.00 bits per heavy atom. The number of carboxylic acids is 1. The Labute approximate surface area is 118 Å². The normalized spacial score (nSPS) is 13.0. The van der Waals surface area contributed by atoms with Crippen LogP contribution in [-0.2, 0) is 4.79 Å². The van der Waals surface area contributed by atoms with Gasteiger partial charge in [0, 0.05) is 0 Å². The quantitative estimate of drug-likeness (QED) is 0.471. The molecule has 0 aliphatic heterocycles. The van der Waals surface area contributed by atoms with Gasteiger partial charge in [-0.05, 0) is 0 Å². The van der Waals surface area contributed by atoms with Crippen molar-refractivity contribution in [1.82, 2.24) is 0 Å². The molecule has 0 heterocycles. The van der Waals surface area contributed by atoms with E-state index in [-0.39, 0.29) is 62.7 Å². The minimum absolute atomic E-state index is 0.